The molecule has 0 fully saturated rings. The topological polar surface area (TPSA) is 100 Å². The van der Waals surface area contributed by atoms with Gasteiger partial charge in [0.25, 0.3) is 0 Å². The SMILES string of the molecule is C/C(N)=N/N=NC1=NN=NC1. The molecule has 0 aliphatic carbocycles. The molecule has 0 amide bonds. The third-order valence-electron chi connectivity index (χ3n) is 0.798. The van der Waals surface area contributed by atoms with Gasteiger partial charge in [0.2, 0.25) is 0 Å². The lowest BCUT2D eigenvalue weighted by atomic mass is 10.6. The zero-order chi connectivity index (χ0) is 8.10. The smallest absolute Gasteiger partial charge is 0.200 e. The van der Waals surface area contributed by atoms with Crippen molar-refractivity contribution in [1.82, 2.24) is 0 Å². The van der Waals surface area contributed by atoms with Crippen LogP contribution >= 0.6 is 0 Å². The summed E-state index contributed by atoms with van der Waals surface area (Å²) in [4.78, 5) is 0. The van der Waals surface area contributed by atoms with E-state index in [0.29, 0.717) is 18.2 Å². The van der Waals surface area contributed by atoms with Gasteiger partial charge in [0.05, 0.1) is 0 Å². The Morgan fingerprint density at radius 2 is 2.45 bits per heavy atom. The highest BCUT2D eigenvalue weighted by atomic mass is 15.5. The maximum Gasteiger partial charge on any atom is 0.200 e. The number of hydrogen-bond acceptors (Lipinski definition) is 5. The van der Waals surface area contributed by atoms with E-state index in [-0.39, 0.29) is 0 Å². The lowest BCUT2D eigenvalue weighted by Gasteiger charge is -1.82. The molecule has 1 rings (SSSR count). The van der Waals surface area contributed by atoms with Crippen LogP contribution in [0.1, 0.15) is 6.92 Å². The van der Waals surface area contributed by atoms with Crippen molar-refractivity contribution in [1.29, 1.82) is 0 Å². The van der Waals surface area contributed by atoms with E-state index < -0.39 is 0 Å². The lowest BCUT2D eigenvalue weighted by molar-refractivity contribution is 1.06. The average molecular weight is 153 g/mol. The van der Waals surface area contributed by atoms with Crippen LogP contribution in [0.3, 0.4) is 0 Å². The molecule has 58 valence electrons. The van der Waals surface area contributed by atoms with Gasteiger partial charge in [-0.05, 0) is 17.4 Å². The second kappa shape index (κ2) is 3.49. The molecule has 11 heavy (non-hydrogen) atoms. The Balaban J connectivity index is 2.43. The standard InChI is InChI=1S/C4H7N7/c1-3(5)7-11-9-4-2-6-10-8-4/h2H2,1H3,(H2,5,6,7,8,9). The number of amidine groups is 2. The summed E-state index contributed by atoms with van der Waals surface area (Å²) >= 11 is 0. The second-order valence-electron chi connectivity index (χ2n) is 1.84. The monoisotopic (exact) mass is 153 g/mol. The van der Waals surface area contributed by atoms with Crippen LogP contribution in [0, 0.1) is 0 Å². The first kappa shape index (κ1) is 7.45. The Bertz CT molecular complexity index is 243. The van der Waals surface area contributed by atoms with Crippen LogP contribution in [-0.2, 0) is 0 Å². The molecule has 0 spiro atoms. The molecule has 7 heteroatoms. The maximum atomic E-state index is 5.19. The minimum atomic E-state index is 0.348. The normalized spacial score (nSPS) is 17.9. The van der Waals surface area contributed by atoms with Gasteiger partial charge in [0.15, 0.2) is 5.84 Å². The molecule has 7 nitrogen and oxygen atoms in total. The van der Waals surface area contributed by atoms with Gasteiger partial charge in [-0.25, -0.2) is 0 Å². The summed E-state index contributed by atoms with van der Waals surface area (Å²) in [6.07, 6.45) is 0. The zero-order valence-electron chi connectivity index (χ0n) is 5.97. The van der Waals surface area contributed by atoms with E-state index in [1.54, 1.807) is 6.92 Å². The van der Waals surface area contributed by atoms with E-state index in [1.807, 2.05) is 0 Å². The van der Waals surface area contributed by atoms with Crippen LogP contribution in [0.15, 0.2) is 30.9 Å². The molecule has 0 unspecified atom stereocenters. The molecular weight excluding hydrogens is 146 g/mol. The fourth-order valence-electron chi connectivity index (χ4n) is 0.406. The molecule has 0 aromatic carbocycles. The molecule has 0 aromatic heterocycles. The highest BCUT2D eigenvalue weighted by Gasteiger charge is 1.99. The van der Waals surface area contributed by atoms with Crippen LogP contribution in [0.2, 0.25) is 0 Å². The summed E-state index contributed by atoms with van der Waals surface area (Å²) in [5.74, 6) is 0.788. The third-order valence-corrected chi connectivity index (χ3v) is 0.798. The molecule has 2 N–H and O–H groups in total. The minimum Gasteiger partial charge on any atom is -0.386 e. The van der Waals surface area contributed by atoms with Crippen LogP contribution in [0.4, 0.5) is 0 Å². The van der Waals surface area contributed by atoms with Crippen molar-refractivity contribution in [3.63, 3.8) is 0 Å². The van der Waals surface area contributed by atoms with Gasteiger partial charge < -0.3 is 5.73 Å². The Labute approximate surface area is 62.8 Å². The number of nitrogens with two attached hydrogens (primary N) is 1. The van der Waals surface area contributed by atoms with Crippen molar-refractivity contribution in [3.05, 3.63) is 0 Å². The largest absolute Gasteiger partial charge is 0.386 e. The molecule has 0 aromatic rings. The van der Waals surface area contributed by atoms with Crippen molar-refractivity contribution >= 4 is 11.7 Å². The van der Waals surface area contributed by atoms with Gasteiger partial charge >= 0.3 is 0 Å². The summed E-state index contributed by atoms with van der Waals surface area (Å²) in [6, 6.07) is 0. The predicted molar refractivity (Wildman–Crippen MR) is 39.3 cm³/mol. The first-order valence-corrected chi connectivity index (χ1v) is 2.93. The average Bonchev–Trinajstić information content (AvgIpc) is 2.39. The summed E-state index contributed by atoms with van der Waals surface area (Å²) in [5.41, 5.74) is 5.19. The van der Waals surface area contributed by atoms with Crippen LogP contribution in [-0.4, -0.2) is 18.2 Å². The van der Waals surface area contributed by atoms with Crippen molar-refractivity contribution in [2.24, 2.45) is 36.6 Å². The zero-order valence-corrected chi connectivity index (χ0v) is 5.97. The molecular formula is C4H7N7. The van der Waals surface area contributed by atoms with E-state index in [2.05, 4.69) is 30.9 Å². The van der Waals surface area contributed by atoms with E-state index in [1.165, 1.54) is 0 Å². The summed E-state index contributed by atoms with van der Waals surface area (Å²) in [7, 11) is 0. The lowest BCUT2D eigenvalue weighted by Crippen LogP contribution is -2.03. The number of nitrogens with zero attached hydrogens (tertiary/aromatic N) is 6. The fourth-order valence-corrected chi connectivity index (χ4v) is 0.406. The molecule has 0 bridgehead atoms. The first-order valence-electron chi connectivity index (χ1n) is 2.93. The maximum absolute atomic E-state index is 5.19. The van der Waals surface area contributed by atoms with E-state index in [4.69, 9.17) is 5.73 Å². The first-order chi connectivity index (χ1) is 5.29. The second-order valence-corrected chi connectivity index (χ2v) is 1.84. The molecule has 0 saturated carbocycles. The van der Waals surface area contributed by atoms with Crippen LogP contribution in [0.5, 0.6) is 0 Å². The summed E-state index contributed by atoms with van der Waals surface area (Å²) in [5, 5.41) is 20.9. The van der Waals surface area contributed by atoms with E-state index in [9.17, 15) is 0 Å². The molecule has 1 aliphatic heterocycles. The Morgan fingerprint density at radius 3 is 3.00 bits per heavy atom. The molecule has 0 radical (unpaired) electrons. The molecule has 0 atom stereocenters. The van der Waals surface area contributed by atoms with E-state index in [0.717, 1.165) is 0 Å². The quantitative estimate of drug-likeness (QED) is 0.252. The van der Waals surface area contributed by atoms with Gasteiger partial charge in [-0.2, -0.15) is 5.11 Å². The molecule has 1 aliphatic rings. The van der Waals surface area contributed by atoms with Gasteiger partial charge in [0, 0.05) is 0 Å². The Morgan fingerprint density at radius 1 is 1.64 bits per heavy atom. The highest BCUT2D eigenvalue weighted by Crippen LogP contribution is 1.95. The van der Waals surface area contributed by atoms with Gasteiger partial charge in [0.1, 0.15) is 12.4 Å². The Kier molecular flexibility index (Phi) is 2.37. The Hall–Kier alpha value is -1.66. The van der Waals surface area contributed by atoms with Crippen molar-refractivity contribution < 1.29 is 0 Å². The molecule has 0 saturated heterocycles. The van der Waals surface area contributed by atoms with Crippen molar-refractivity contribution in [2.75, 3.05) is 6.54 Å². The minimum absolute atomic E-state index is 0.348. The summed E-state index contributed by atoms with van der Waals surface area (Å²) in [6.45, 7) is 1.98. The predicted octanol–water partition coefficient (Wildman–Crippen LogP) is 0.510. The highest BCUT2D eigenvalue weighted by molar-refractivity contribution is 5.85. The number of rotatable bonds is 1. The van der Waals surface area contributed by atoms with Gasteiger partial charge in [-0.1, -0.05) is 0 Å². The third kappa shape index (κ3) is 2.61. The van der Waals surface area contributed by atoms with E-state index >= 15 is 0 Å². The van der Waals surface area contributed by atoms with Gasteiger partial charge in [-0.15, -0.1) is 15.3 Å². The number of hydrogen-bond donors (Lipinski definition) is 1. The van der Waals surface area contributed by atoms with Crippen LogP contribution in [0.25, 0.3) is 0 Å². The van der Waals surface area contributed by atoms with Crippen molar-refractivity contribution in [2.45, 2.75) is 6.92 Å². The summed E-state index contributed by atoms with van der Waals surface area (Å²) < 4.78 is 0. The van der Waals surface area contributed by atoms with Crippen molar-refractivity contribution in [3.8, 4) is 0 Å². The van der Waals surface area contributed by atoms with Gasteiger partial charge in [-0.3, -0.25) is 0 Å². The fraction of sp³-hybridized carbons (Fsp3) is 0.500. The molecule has 1 heterocycles. The van der Waals surface area contributed by atoms with Crippen LogP contribution < -0.4 is 5.73 Å².